The molecule has 0 unspecified atom stereocenters. The molecule has 0 bridgehead atoms. The second-order valence-electron chi connectivity index (χ2n) is 16.7. The maximum absolute atomic E-state index is 8.44. The van der Waals surface area contributed by atoms with Crippen LogP contribution in [0.1, 0.15) is 135 Å². The molecule has 7 heterocycles. The third kappa shape index (κ3) is 50.3. The summed E-state index contributed by atoms with van der Waals surface area (Å²) in [5.41, 5.74) is 8.91. The van der Waals surface area contributed by atoms with Crippen molar-refractivity contribution in [3.63, 3.8) is 0 Å². The number of aliphatic hydroxyl groups is 2. The van der Waals surface area contributed by atoms with E-state index in [-0.39, 0.29) is 13.2 Å². The maximum atomic E-state index is 8.44. The van der Waals surface area contributed by atoms with Gasteiger partial charge in [-0.2, -0.15) is 45.3 Å². The van der Waals surface area contributed by atoms with E-state index in [1.54, 1.807) is 68.0 Å². The van der Waals surface area contributed by atoms with E-state index in [1.165, 1.54) is 82.8 Å². The average Bonchev–Trinajstić information content (AvgIpc) is 4.33. The number of rotatable bonds is 28. The predicted molar refractivity (Wildman–Crippen MR) is 369 cm³/mol. The van der Waals surface area contributed by atoms with Crippen LogP contribution in [0.4, 0.5) is 0 Å². The van der Waals surface area contributed by atoms with Gasteiger partial charge >= 0.3 is 49.5 Å². The molecule has 446 valence electrons. The predicted octanol–water partition coefficient (Wildman–Crippen LogP) is 19.7. The quantitative estimate of drug-likeness (QED) is 0.0220. The van der Waals surface area contributed by atoms with Crippen molar-refractivity contribution in [3.8, 4) is 0 Å². The van der Waals surface area contributed by atoms with Gasteiger partial charge in [0.25, 0.3) is 0 Å². The summed E-state index contributed by atoms with van der Waals surface area (Å²) < 4.78 is 35.0. The van der Waals surface area contributed by atoms with Crippen molar-refractivity contribution in [2.24, 2.45) is 8.60 Å². The molecule has 0 saturated heterocycles. The van der Waals surface area contributed by atoms with Crippen molar-refractivity contribution in [1.82, 2.24) is 0 Å². The van der Waals surface area contributed by atoms with Gasteiger partial charge in [-0.1, -0.05) is 53.9 Å². The Labute approximate surface area is 540 Å². The minimum atomic E-state index is 0.170. The summed E-state index contributed by atoms with van der Waals surface area (Å²) in [7, 11) is 8.67. The molecule has 9 nitrogen and oxygen atoms in total. The fraction of sp³-hybridized carbons (Fsp3) is 0.517. The van der Waals surface area contributed by atoms with Crippen LogP contribution in [0, 0.1) is 13.8 Å². The first-order chi connectivity index (χ1) is 39.0. The van der Waals surface area contributed by atoms with Gasteiger partial charge in [0.15, 0.2) is 0 Å². The van der Waals surface area contributed by atoms with Crippen LogP contribution in [0.5, 0.6) is 0 Å². The molecule has 0 saturated carbocycles. The number of unbranched alkanes of at least 4 members (excludes halogenated alkanes) is 3. The van der Waals surface area contributed by atoms with E-state index in [2.05, 4.69) is 198 Å². The van der Waals surface area contributed by atoms with Crippen molar-refractivity contribution in [1.29, 1.82) is 0 Å². The molecule has 0 aliphatic heterocycles. The van der Waals surface area contributed by atoms with Gasteiger partial charge in [-0.05, 0) is 227 Å². The van der Waals surface area contributed by atoms with Crippen LogP contribution < -0.4 is 0 Å². The molecule has 0 spiro atoms. The van der Waals surface area contributed by atoms with E-state index >= 15 is 0 Å². The number of thiophene rings is 7. The molecule has 7 aromatic rings. The first-order valence-electron chi connectivity index (χ1n) is 26.7. The van der Waals surface area contributed by atoms with Gasteiger partial charge in [0.05, 0.1) is 47.2 Å². The van der Waals surface area contributed by atoms with E-state index < -0.39 is 0 Å². The van der Waals surface area contributed by atoms with E-state index in [1.807, 2.05) is 39.6 Å². The molecular formula is C58H88B2Br2N2O7S9. The molecule has 7 aromatic heterocycles. The third-order valence-electron chi connectivity index (χ3n) is 9.89. The van der Waals surface area contributed by atoms with Gasteiger partial charge in [-0.3, -0.25) is 0 Å². The molecule has 0 aromatic carbocycles. The standard InChI is InChI=1S/C11H18OS.2C9H13BrOS.2C9H14OS.C6H8OS.C5H6OS.2BHNS/c1-4-5-6-12-8-11-7-9(2)13-10(11)3;1-2-5-11-6-3-8-4-7-12-9(8)10;1-2-3-5-11-7-8-4-6-12-9(8)10;1-2-5-10-6-3-9-4-7-11-8-9;1-2-3-5-10-7-9-4-6-11-8-9;7-3-1-6-2-4-8-5-6;6-3-5-1-2-7-4-5;2*1-2-3/h7H,4-6,8H2,1-3H3;4,7H,2-3,5-6H2,1H3;4,6H,2-3,5,7H2,1H3;4,7-8H,2-3,5-6H2,1H3;4,6,8H,2-3,5,7H2,1H3;2,4-5,7H,1,3H2;1-2,4,6H,3H2;2*3H. The number of aliphatic hydroxyl groups excluding tert-OH is 2. The van der Waals surface area contributed by atoms with Crippen molar-refractivity contribution < 1.29 is 33.9 Å². The molecule has 0 amide bonds. The number of hydrogen-bond donors (Lipinski definition) is 4. The number of ether oxygens (including phenoxy) is 5. The molecule has 2 radical (unpaired) electrons. The van der Waals surface area contributed by atoms with E-state index in [9.17, 15) is 0 Å². The summed E-state index contributed by atoms with van der Waals surface area (Å²) in [6.45, 7) is 24.0. The summed E-state index contributed by atoms with van der Waals surface area (Å²) in [6.07, 6.45) is 12.2. The van der Waals surface area contributed by atoms with E-state index in [0.29, 0.717) is 0 Å². The zero-order valence-corrected chi connectivity index (χ0v) is 58.7. The minimum absolute atomic E-state index is 0.170. The fourth-order valence-corrected chi connectivity index (χ4v) is 11.8. The molecule has 0 atom stereocenters. The molecule has 7 rings (SSSR count). The molecule has 0 aliphatic carbocycles. The molecular weight excluding hydrogens is 1310 g/mol. The van der Waals surface area contributed by atoms with Crippen molar-refractivity contribution in [2.75, 3.05) is 52.9 Å². The van der Waals surface area contributed by atoms with Gasteiger partial charge in [-0.15, -0.1) is 34.0 Å². The normalized spacial score (nSPS) is 9.79. The third-order valence-corrected chi connectivity index (χ3v) is 17.5. The Hall–Kier alpha value is -0.990. The number of nitrogens with zero attached hydrogens (tertiary/aromatic N) is 2. The molecule has 80 heavy (non-hydrogen) atoms. The fourth-order valence-electron chi connectivity index (χ4n) is 5.66. The van der Waals surface area contributed by atoms with Gasteiger partial charge < -0.3 is 33.9 Å². The summed E-state index contributed by atoms with van der Waals surface area (Å²) >= 11 is 25.4. The van der Waals surface area contributed by atoms with Gasteiger partial charge in [0.2, 0.25) is 0 Å². The monoisotopic (exact) mass is 1390 g/mol. The summed E-state index contributed by atoms with van der Waals surface area (Å²) in [5, 5.41) is 37.5. The van der Waals surface area contributed by atoms with Crippen LogP contribution in [0.3, 0.4) is 0 Å². The first-order valence-corrected chi connectivity index (χ1v) is 35.4. The van der Waals surface area contributed by atoms with Crippen LogP contribution in [0.2, 0.25) is 0 Å². The van der Waals surface area contributed by atoms with Crippen molar-refractivity contribution in [2.45, 2.75) is 146 Å². The Kier molecular flexibility index (Phi) is 63.4. The number of thiol groups is 2. The molecule has 0 aliphatic rings. The summed E-state index contributed by atoms with van der Waals surface area (Å²) in [6, 6.07) is 14.7. The van der Waals surface area contributed by atoms with Crippen LogP contribution in [-0.4, -0.2) is 78.3 Å². The van der Waals surface area contributed by atoms with Crippen LogP contribution in [0.15, 0.2) is 112 Å². The Balaban J connectivity index is 0. The molecule has 22 heteroatoms. The number of hydrogen-bond acceptors (Lipinski definition) is 18. The number of aryl methyl sites for hydroxylation is 2. The summed E-state index contributed by atoms with van der Waals surface area (Å²) in [5.74, 6) is 0. The van der Waals surface area contributed by atoms with E-state index in [0.717, 1.165) is 110 Å². The molecule has 0 fully saturated rings. The average molecular weight is 1400 g/mol. The van der Waals surface area contributed by atoms with E-state index in [4.69, 9.17) is 33.9 Å². The zero-order valence-electron chi connectivity index (χ0n) is 48.1. The topological polar surface area (TPSA) is 111 Å². The molecule has 2 N–H and O–H groups in total. The number of halogens is 2. The second kappa shape index (κ2) is 62.5. The van der Waals surface area contributed by atoms with Crippen LogP contribution in [0.25, 0.3) is 0 Å². The van der Waals surface area contributed by atoms with Gasteiger partial charge in [-0.25, -0.2) is 0 Å². The zero-order chi connectivity index (χ0) is 59.5. The Morgan fingerprint density at radius 3 is 1.25 bits per heavy atom. The SMILES string of the molecule is CCCCOCc1cc(C)sc1C.CCCCOCc1ccsc1.CCCCOCc1ccsc1Br.CCCOCCc1ccsc1.CCCOCCc1ccsc1Br.OCCc1ccsc1.OCc1ccsc1.[B]=NS.[B]=NS. The van der Waals surface area contributed by atoms with Crippen molar-refractivity contribution in [3.05, 3.63) is 153 Å². The Bertz CT molecular complexity index is 2190. The summed E-state index contributed by atoms with van der Waals surface area (Å²) in [4.78, 5) is 2.78. The van der Waals surface area contributed by atoms with Crippen molar-refractivity contribution >= 4 is 152 Å². The van der Waals surface area contributed by atoms with Gasteiger partial charge in [0, 0.05) is 55.0 Å². The van der Waals surface area contributed by atoms with Crippen LogP contribution in [-0.2, 0) is 69.4 Å². The van der Waals surface area contributed by atoms with Gasteiger partial charge in [0.1, 0.15) is 0 Å². The Morgan fingerprint density at radius 1 is 0.475 bits per heavy atom. The second-order valence-corrected chi connectivity index (χ2v) is 26.2. The van der Waals surface area contributed by atoms with Crippen LogP contribution >= 0.6 is 137 Å². The Morgan fingerprint density at radius 2 is 0.887 bits per heavy atom. The first kappa shape index (κ1) is 81.1.